The lowest BCUT2D eigenvalue weighted by Crippen LogP contribution is -2.47. The number of hydrogen-bond donors (Lipinski definition) is 2. The Labute approximate surface area is 172 Å². The summed E-state index contributed by atoms with van der Waals surface area (Å²) < 4.78 is 5.49. The van der Waals surface area contributed by atoms with Gasteiger partial charge in [-0.1, -0.05) is 0 Å². The van der Waals surface area contributed by atoms with E-state index in [2.05, 4.69) is 15.6 Å². The number of carbonyl (C=O) groups excluding carboxylic acids is 2. The fourth-order valence-electron chi connectivity index (χ4n) is 3.40. The lowest BCUT2D eigenvalue weighted by atomic mass is 9.97. The number of piperidine rings is 1. The van der Waals surface area contributed by atoms with Crippen LogP contribution in [0.3, 0.4) is 0 Å². The number of nitrogens with one attached hydrogen (secondary N) is 2. The van der Waals surface area contributed by atoms with Gasteiger partial charge in [-0.3, -0.25) is 14.6 Å². The molecule has 0 bridgehead atoms. The van der Waals surface area contributed by atoms with Gasteiger partial charge >= 0.3 is 0 Å². The zero-order valence-corrected chi connectivity index (χ0v) is 16.9. The number of rotatable bonds is 6. The van der Waals surface area contributed by atoms with Crippen molar-refractivity contribution >= 4 is 36.6 Å². The summed E-state index contributed by atoms with van der Waals surface area (Å²) in [7, 11) is 0. The van der Waals surface area contributed by atoms with Crippen LogP contribution in [-0.4, -0.2) is 60.5 Å². The van der Waals surface area contributed by atoms with E-state index in [1.807, 2.05) is 4.90 Å². The maximum Gasteiger partial charge on any atom is 0.260 e. The van der Waals surface area contributed by atoms with Crippen molar-refractivity contribution in [1.82, 2.24) is 20.5 Å². The molecule has 152 valence electrons. The van der Waals surface area contributed by atoms with Gasteiger partial charge in [-0.05, 0) is 50.3 Å². The first-order valence-electron chi connectivity index (χ1n) is 9.04. The number of carbonyl (C=O) groups is 2. The number of pyridine rings is 1. The molecule has 0 radical (unpaired) electrons. The van der Waals surface area contributed by atoms with E-state index in [0.717, 1.165) is 38.8 Å². The molecule has 3 rings (SSSR count). The van der Waals surface area contributed by atoms with Crippen LogP contribution in [0.4, 0.5) is 0 Å². The van der Waals surface area contributed by atoms with Crippen molar-refractivity contribution in [3.63, 3.8) is 0 Å². The quantitative estimate of drug-likeness (QED) is 0.729. The first kappa shape index (κ1) is 23.5. The predicted molar refractivity (Wildman–Crippen MR) is 108 cm³/mol. The summed E-state index contributed by atoms with van der Waals surface area (Å²) in [6, 6.07) is 3.51. The van der Waals surface area contributed by atoms with Gasteiger partial charge in [-0.25, -0.2) is 0 Å². The van der Waals surface area contributed by atoms with E-state index >= 15 is 0 Å². The Balaban J connectivity index is 0.00000182. The molecule has 0 aromatic carbocycles. The summed E-state index contributed by atoms with van der Waals surface area (Å²) in [4.78, 5) is 30.2. The summed E-state index contributed by atoms with van der Waals surface area (Å²) in [6.45, 7) is 3.00. The minimum absolute atomic E-state index is 0. The van der Waals surface area contributed by atoms with Crippen LogP contribution in [0.5, 0.6) is 5.75 Å². The number of hydrogen-bond acceptors (Lipinski definition) is 5. The average Bonchev–Trinajstić information content (AvgIpc) is 3.20. The zero-order valence-electron chi connectivity index (χ0n) is 15.3. The van der Waals surface area contributed by atoms with E-state index in [1.54, 1.807) is 24.5 Å². The second-order valence-corrected chi connectivity index (χ2v) is 6.72. The molecule has 2 N–H and O–H groups in total. The third kappa shape index (κ3) is 7.16. The van der Waals surface area contributed by atoms with Crippen LogP contribution in [-0.2, 0) is 9.59 Å². The minimum atomic E-state index is -0.0470. The van der Waals surface area contributed by atoms with Crippen molar-refractivity contribution in [2.24, 2.45) is 5.92 Å². The molecule has 2 aliphatic rings. The highest BCUT2D eigenvalue weighted by Gasteiger charge is 2.26. The molecule has 2 atom stereocenters. The fourth-order valence-corrected chi connectivity index (χ4v) is 3.40. The molecule has 1 aromatic rings. The van der Waals surface area contributed by atoms with Crippen molar-refractivity contribution in [2.75, 3.05) is 32.8 Å². The van der Waals surface area contributed by atoms with Gasteiger partial charge in [0.15, 0.2) is 6.61 Å². The number of amides is 2. The second kappa shape index (κ2) is 12.0. The first-order chi connectivity index (χ1) is 12.2. The normalized spacial score (nSPS) is 21.6. The predicted octanol–water partition coefficient (Wildman–Crippen LogP) is 1.41. The molecular formula is C18H28Cl2N4O3. The van der Waals surface area contributed by atoms with Crippen molar-refractivity contribution in [3.05, 3.63) is 24.5 Å². The van der Waals surface area contributed by atoms with Gasteiger partial charge in [0.25, 0.3) is 5.91 Å². The first-order valence-corrected chi connectivity index (χ1v) is 9.04. The molecular weight excluding hydrogens is 391 g/mol. The van der Waals surface area contributed by atoms with Crippen LogP contribution in [0, 0.1) is 5.92 Å². The minimum Gasteiger partial charge on any atom is -0.482 e. The molecule has 0 spiro atoms. The van der Waals surface area contributed by atoms with E-state index in [9.17, 15) is 9.59 Å². The van der Waals surface area contributed by atoms with Gasteiger partial charge in [0.2, 0.25) is 5.91 Å². The van der Waals surface area contributed by atoms with Crippen molar-refractivity contribution in [3.8, 4) is 5.75 Å². The molecule has 0 aliphatic carbocycles. The number of likely N-dealkylation sites (tertiary alicyclic amines) is 1. The number of nitrogens with zero attached hydrogens (tertiary/aromatic N) is 2. The van der Waals surface area contributed by atoms with Crippen LogP contribution in [0.15, 0.2) is 24.5 Å². The average molecular weight is 419 g/mol. The van der Waals surface area contributed by atoms with Gasteiger partial charge in [0, 0.05) is 25.8 Å². The van der Waals surface area contributed by atoms with E-state index in [4.69, 9.17) is 4.74 Å². The lowest BCUT2D eigenvalue weighted by molar-refractivity contribution is -0.135. The molecule has 2 amide bonds. The number of aromatic nitrogens is 1. The largest absolute Gasteiger partial charge is 0.482 e. The summed E-state index contributed by atoms with van der Waals surface area (Å²) in [5.74, 6) is 0.973. The summed E-state index contributed by atoms with van der Waals surface area (Å²) >= 11 is 0. The standard InChI is InChI=1S/C18H26N4O3.2ClH/c23-17(13-25-15-5-1-7-19-11-15)22-9-3-4-14(12-22)10-21-18(24)16-6-2-8-20-16;;/h1,5,7,11,14,16,20H,2-4,6,8-10,12-13H2,(H,21,24);2*1H. The van der Waals surface area contributed by atoms with E-state index < -0.39 is 0 Å². The fraction of sp³-hybridized carbons (Fsp3) is 0.611. The summed E-state index contributed by atoms with van der Waals surface area (Å²) in [6.07, 6.45) is 7.22. The van der Waals surface area contributed by atoms with E-state index in [1.165, 1.54) is 0 Å². The number of halogens is 2. The lowest BCUT2D eigenvalue weighted by Gasteiger charge is -2.33. The molecule has 27 heavy (non-hydrogen) atoms. The third-order valence-corrected chi connectivity index (χ3v) is 4.81. The van der Waals surface area contributed by atoms with Gasteiger partial charge in [-0.15, -0.1) is 24.8 Å². The van der Waals surface area contributed by atoms with Crippen molar-refractivity contribution in [1.29, 1.82) is 0 Å². The Hall–Kier alpha value is -1.57. The molecule has 2 unspecified atom stereocenters. The van der Waals surface area contributed by atoms with Crippen LogP contribution >= 0.6 is 24.8 Å². The SMILES string of the molecule is Cl.Cl.O=C(NCC1CCCN(C(=O)COc2cccnc2)C1)C1CCCN1. The van der Waals surface area contributed by atoms with Crippen molar-refractivity contribution in [2.45, 2.75) is 31.7 Å². The Morgan fingerprint density at radius 2 is 2.15 bits per heavy atom. The Morgan fingerprint density at radius 3 is 2.85 bits per heavy atom. The molecule has 1 aromatic heterocycles. The highest BCUT2D eigenvalue weighted by atomic mass is 35.5. The van der Waals surface area contributed by atoms with Crippen molar-refractivity contribution < 1.29 is 14.3 Å². The Bertz CT molecular complexity index is 585. The molecule has 3 heterocycles. The topological polar surface area (TPSA) is 83.6 Å². The van der Waals surface area contributed by atoms with Gasteiger partial charge < -0.3 is 20.3 Å². The maximum absolute atomic E-state index is 12.3. The zero-order chi connectivity index (χ0) is 17.5. The Kier molecular flexibility index (Phi) is 10.4. The second-order valence-electron chi connectivity index (χ2n) is 6.72. The molecule has 0 saturated carbocycles. The van der Waals surface area contributed by atoms with Gasteiger partial charge in [0.05, 0.1) is 12.2 Å². The molecule has 9 heteroatoms. The van der Waals surface area contributed by atoms with Crippen LogP contribution < -0.4 is 15.4 Å². The maximum atomic E-state index is 12.3. The third-order valence-electron chi connectivity index (χ3n) is 4.81. The Morgan fingerprint density at radius 1 is 1.30 bits per heavy atom. The molecule has 7 nitrogen and oxygen atoms in total. The van der Waals surface area contributed by atoms with E-state index in [-0.39, 0.29) is 49.3 Å². The van der Waals surface area contributed by atoms with Gasteiger partial charge in [-0.2, -0.15) is 0 Å². The van der Waals surface area contributed by atoms with E-state index in [0.29, 0.717) is 24.8 Å². The highest BCUT2D eigenvalue weighted by Crippen LogP contribution is 2.17. The van der Waals surface area contributed by atoms with Crippen LogP contribution in [0.25, 0.3) is 0 Å². The van der Waals surface area contributed by atoms with Crippen LogP contribution in [0.2, 0.25) is 0 Å². The molecule has 2 aliphatic heterocycles. The van der Waals surface area contributed by atoms with Gasteiger partial charge in [0.1, 0.15) is 5.75 Å². The number of ether oxygens (including phenoxy) is 1. The summed E-state index contributed by atoms with van der Waals surface area (Å²) in [5.41, 5.74) is 0. The van der Waals surface area contributed by atoms with Crippen LogP contribution in [0.1, 0.15) is 25.7 Å². The monoisotopic (exact) mass is 418 g/mol. The highest BCUT2D eigenvalue weighted by molar-refractivity contribution is 5.85. The smallest absolute Gasteiger partial charge is 0.260 e. The molecule has 2 saturated heterocycles. The summed E-state index contributed by atoms with van der Waals surface area (Å²) in [5, 5.41) is 6.24. The molecule has 2 fully saturated rings.